The number of piperidine rings is 1. The molecule has 1 saturated heterocycles. The lowest BCUT2D eigenvalue weighted by atomic mass is 9.99. The topological polar surface area (TPSA) is 40.5 Å². The minimum atomic E-state index is 0.140. The molecule has 1 unspecified atom stereocenters. The molecular weight excluding hydrogens is 246 g/mol. The molecule has 0 radical (unpaired) electrons. The molecular formula is C14H21NO2S. The van der Waals surface area contributed by atoms with E-state index in [0.717, 1.165) is 30.7 Å². The molecule has 100 valence electrons. The van der Waals surface area contributed by atoms with Gasteiger partial charge in [0.15, 0.2) is 0 Å². The van der Waals surface area contributed by atoms with E-state index in [1.807, 2.05) is 11.0 Å². The molecule has 0 bridgehead atoms. The number of aryl methyl sites for hydroxylation is 2. The van der Waals surface area contributed by atoms with Crippen LogP contribution in [0.25, 0.3) is 0 Å². The first-order valence-electron chi connectivity index (χ1n) is 6.65. The summed E-state index contributed by atoms with van der Waals surface area (Å²) >= 11 is 1.60. The van der Waals surface area contributed by atoms with Crippen LogP contribution in [0.15, 0.2) is 6.07 Å². The molecule has 1 aromatic rings. The van der Waals surface area contributed by atoms with Gasteiger partial charge in [-0.05, 0) is 43.7 Å². The molecule has 2 rings (SSSR count). The molecule has 1 fully saturated rings. The first-order valence-corrected chi connectivity index (χ1v) is 7.46. The summed E-state index contributed by atoms with van der Waals surface area (Å²) in [5.41, 5.74) is 1.28. The molecule has 18 heavy (non-hydrogen) atoms. The summed E-state index contributed by atoms with van der Waals surface area (Å²) in [4.78, 5) is 16.4. The van der Waals surface area contributed by atoms with Gasteiger partial charge in [-0.1, -0.05) is 6.92 Å². The van der Waals surface area contributed by atoms with E-state index in [-0.39, 0.29) is 18.4 Å². The maximum Gasteiger partial charge on any atom is 0.263 e. The number of aliphatic hydroxyl groups excluding tert-OH is 1. The molecule has 0 spiro atoms. The number of rotatable bonds is 3. The van der Waals surface area contributed by atoms with Gasteiger partial charge < -0.3 is 10.0 Å². The second-order valence-electron chi connectivity index (χ2n) is 4.99. The van der Waals surface area contributed by atoms with E-state index in [1.54, 1.807) is 11.3 Å². The van der Waals surface area contributed by atoms with Gasteiger partial charge in [-0.25, -0.2) is 0 Å². The molecule has 2 heterocycles. The summed E-state index contributed by atoms with van der Waals surface area (Å²) in [6, 6.07) is 2.03. The largest absolute Gasteiger partial charge is 0.396 e. The van der Waals surface area contributed by atoms with Gasteiger partial charge in [0.2, 0.25) is 0 Å². The zero-order valence-corrected chi connectivity index (χ0v) is 11.9. The van der Waals surface area contributed by atoms with Crippen molar-refractivity contribution < 1.29 is 9.90 Å². The molecule has 1 N–H and O–H groups in total. The van der Waals surface area contributed by atoms with Crippen molar-refractivity contribution in [1.29, 1.82) is 0 Å². The summed E-state index contributed by atoms with van der Waals surface area (Å²) < 4.78 is 0. The number of nitrogens with zero attached hydrogens (tertiary/aromatic N) is 1. The van der Waals surface area contributed by atoms with E-state index >= 15 is 0 Å². The Hall–Kier alpha value is -0.870. The van der Waals surface area contributed by atoms with Crippen LogP contribution in [0.5, 0.6) is 0 Å². The van der Waals surface area contributed by atoms with Crippen molar-refractivity contribution in [3.05, 3.63) is 21.4 Å². The molecule has 1 aliphatic heterocycles. The molecule has 1 amide bonds. The zero-order valence-electron chi connectivity index (χ0n) is 11.1. The van der Waals surface area contributed by atoms with Crippen molar-refractivity contribution >= 4 is 17.2 Å². The second kappa shape index (κ2) is 5.85. The average Bonchev–Trinajstić information content (AvgIpc) is 2.79. The summed E-state index contributed by atoms with van der Waals surface area (Å²) in [6.07, 6.45) is 3.01. The monoisotopic (exact) mass is 267 g/mol. The van der Waals surface area contributed by atoms with Crippen molar-refractivity contribution in [3.63, 3.8) is 0 Å². The number of hydrogen-bond acceptors (Lipinski definition) is 3. The van der Waals surface area contributed by atoms with E-state index < -0.39 is 0 Å². The third kappa shape index (κ3) is 2.75. The predicted molar refractivity (Wildman–Crippen MR) is 74.1 cm³/mol. The lowest BCUT2D eigenvalue weighted by Gasteiger charge is -2.31. The standard InChI is InChI=1S/C14H21NO2S/c1-3-12-7-13(18-10(12)2)14(17)15-6-4-5-11(8-15)9-16/h7,11,16H,3-6,8-9H2,1-2H3. The zero-order chi connectivity index (χ0) is 13.1. The third-order valence-corrected chi connectivity index (χ3v) is 4.76. The van der Waals surface area contributed by atoms with E-state index in [9.17, 15) is 9.90 Å². The van der Waals surface area contributed by atoms with E-state index in [1.165, 1.54) is 10.4 Å². The van der Waals surface area contributed by atoms with Gasteiger partial charge in [0.1, 0.15) is 0 Å². The van der Waals surface area contributed by atoms with E-state index in [2.05, 4.69) is 13.8 Å². The van der Waals surface area contributed by atoms with E-state index in [0.29, 0.717) is 6.54 Å². The quantitative estimate of drug-likeness (QED) is 0.914. The highest BCUT2D eigenvalue weighted by Gasteiger charge is 2.25. The van der Waals surface area contributed by atoms with Gasteiger partial charge in [-0.2, -0.15) is 0 Å². The molecule has 0 aliphatic carbocycles. The Morgan fingerprint density at radius 2 is 2.39 bits per heavy atom. The van der Waals surface area contributed by atoms with Gasteiger partial charge in [-0.15, -0.1) is 11.3 Å². The molecule has 1 aliphatic rings. The number of amides is 1. The van der Waals surface area contributed by atoms with Crippen LogP contribution in [-0.2, 0) is 6.42 Å². The highest BCUT2D eigenvalue weighted by Crippen LogP contribution is 2.25. The first kappa shape index (κ1) is 13.6. The van der Waals surface area contributed by atoms with Crippen LogP contribution in [0.3, 0.4) is 0 Å². The number of carbonyl (C=O) groups is 1. The van der Waals surface area contributed by atoms with Crippen LogP contribution >= 0.6 is 11.3 Å². The van der Waals surface area contributed by atoms with Crippen molar-refractivity contribution in [3.8, 4) is 0 Å². The molecule has 0 saturated carbocycles. The first-order chi connectivity index (χ1) is 8.65. The maximum absolute atomic E-state index is 12.4. The smallest absolute Gasteiger partial charge is 0.263 e. The average molecular weight is 267 g/mol. The van der Waals surface area contributed by atoms with Crippen molar-refractivity contribution in [2.75, 3.05) is 19.7 Å². The van der Waals surface area contributed by atoms with Crippen LogP contribution in [0, 0.1) is 12.8 Å². The van der Waals surface area contributed by atoms with E-state index in [4.69, 9.17) is 0 Å². The SMILES string of the molecule is CCc1cc(C(=O)N2CCCC(CO)C2)sc1C. The number of likely N-dealkylation sites (tertiary alicyclic amines) is 1. The van der Waals surface area contributed by atoms with Crippen molar-refractivity contribution in [1.82, 2.24) is 4.90 Å². The second-order valence-corrected chi connectivity index (χ2v) is 6.24. The lowest BCUT2D eigenvalue weighted by molar-refractivity contribution is 0.0625. The van der Waals surface area contributed by atoms with Crippen LogP contribution in [-0.4, -0.2) is 35.6 Å². The normalized spacial score (nSPS) is 20.2. The molecule has 1 atom stereocenters. The number of aliphatic hydroxyl groups is 1. The van der Waals surface area contributed by atoms with Crippen molar-refractivity contribution in [2.24, 2.45) is 5.92 Å². The lowest BCUT2D eigenvalue weighted by Crippen LogP contribution is -2.40. The summed E-state index contributed by atoms with van der Waals surface area (Å²) in [5.74, 6) is 0.398. The van der Waals surface area contributed by atoms with Crippen LogP contribution in [0.4, 0.5) is 0 Å². The minimum Gasteiger partial charge on any atom is -0.396 e. The summed E-state index contributed by atoms with van der Waals surface area (Å²) in [5, 5.41) is 9.21. The predicted octanol–water partition coefficient (Wildman–Crippen LogP) is 2.46. The summed E-state index contributed by atoms with van der Waals surface area (Å²) in [6.45, 7) is 5.91. The molecule has 1 aromatic heterocycles. The Balaban J connectivity index is 2.10. The van der Waals surface area contributed by atoms with Gasteiger partial charge in [0, 0.05) is 24.6 Å². The molecule has 0 aromatic carbocycles. The van der Waals surface area contributed by atoms with Gasteiger partial charge in [-0.3, -0.25) is 4.79 Å². The van der Waals surface area contributed by atoms with Crippen molar-refractivity contribution in [2.45, 2.75) is 33.1 Å². The minimum absolute atomic E-state index is 0.140. The number of carbonyl (C=O) groups excluding carboxylic acids is 1. The van der Waals surface area contributed by atoms with Crippen LogP contribution in [0.1, 0.15) is 39.9 Å². The van der Waals surface area contributed by atoms with Gasteiger partial charge in [0.25, 0.3) is 5.91 Å². The Bertz CT molecular complexity index is 427. The highest BCUT2D eigenvalue weighted by molar-refractivity contribution is 7.14. The van der Waals surface area contributed by atoms with Crippen LogP contribution < -0.4 is 0 Å². The number of hydrogen-bond donors (Lipinski definition) is 1. The summed E-state index contributed by atoms with van der Waals surface area (Å²) in [7, 11) is 0. The maximum atomic E-state index is 12.4. The van der Waals surface area contributed by atoms with Gasteiger partial charge >= 0.3 is 0 Å². The fourth-order valence-electron chi connectivity index (χ4n) is 2.53. The Morgan fingerprint density at radius 3 is 3.00 bits per heavy atom. The molecule has 3 nitrogen and oxygen atoms in total. The van der Waals surface area contributed by atoms with Crippen LogP contribution in [0.2, 0.25) is 0 Å². The fourth-order valence-corrected chi connectivity index (χ4v) is 3.61. The van der Waals surface area contributed by atoms with Gasteiger partial charge in [0.05, 0.1) is 4.88 Å². The fraction of sp³-hybridized carbons (Fsp3) is 0.643. The Kier molecular flexibility index (Phi) is 4.40. The highest BCUT2D eigenvalue weighted by atomic mass is 32.1. The molecule has 4 heteroatoms. The third-order valence-electron chi connectivity index (χ3n) is 3.68. The Labute approximate surface area is 112 Å². The Morgan fingerprint density at radius 1 is 1.61 bits per heavy atom. The number of thiophene rings is 1.